The molecule has 2 unspecified atom stereocenters. The van der Waals surface area contributed by atoms with Gasteiger partial charge in [-0.1, -0.05) is 48.0 Å². The van der Waals surface area contributed by atoms with Gasteiger partial charge in [-0.15, -0.1) is 0 Å². The molecule has 20 heavy (non-hydrogen) atoms. The van der Waals surface area contributed by atoms with E-state index in [1.165, 1.54) is 12.1 Å². The minimum atomic E-state index is -0.732. The molecule has 106 valence electrons. The number of methoxy groups -OCH3 is 1. The van der Waals surface area contributed by atoms with Crippen molar-refractivity contribution in [3.8, 4) is 0 Å². The van der Waals surface area contributed by atoms with E-state index < -0.39 is 18.0 Å². The molecule has 0 aliphatic carbocycles. The maximum atomic E-state index is 13.1. The molecule has 0 fully saturated rings. The molecule has 2 atom stereocenters. The van der Waals surface area contributed by atoms with Gasteiger partial charge in [-0.05, 0) is 23.3 Å². The molecule has 2 aromatic rings. The van der Waals surface area contributed by atoms with Crippen LogP contribution in [0.2, 0.25) is 5.02 Å². The molecule has 1 N–H and O–H groups in total. The first kappa shape index (κ1) is 15.0. The molecule has 0 saturated heterocycles. The monoisotopic (exact) mass is 294 g/mol. The van der Waals surface area contributed by atoms with Gasteiger partial charge in [0.1, 0.15) is 11.9 Å². The lowest BCUT2D eigenvalue weighted by atomic mass is 9.98. The van der Waals surface area contributed by atoms with E-state index in [0.29, 0.717) is 6.42 Å². The van der Waals surface area contributed by atoms with E-state index in [1.807, 2.05) is 30.3 Å². The minimum Gasteiger partial charge on any atom is -0.390 e. The molecule has 2 rings (SSSR count). The van der Waals surface area contributed by atoms with Crippen molar-refractivity contribution in [3.63, 3.8) is 0 Å². The second-order valence-electron chi connectivity index (χ2n) is 4.59. The van der Waals surface area contributed by atoms with Crippen molar-refractivity contribution in [2.24, 2.45) is 0 Å². The molecule has 0 aliphatic rings. The molecule has 0 spiro atoms. The number of aliphatic hydroxyl groups excluding tert-OH is 1. The maximum Gasteiger partial charge on any atom is 0.141 e. The van der Waals surface area contributed by atoms with E-state index in [-0.39, 0.29) is 5.02 Å². The van der Waals surface area contributed by atoms with Gasteiger partial charge in [0, 0.05) is 13.5 Å². The van der Waals surface area contributed by atoms with Crippen LogP contribution in [0.25, 0.3) is 0 Å². The van der Waals surface area contributed by atoms with Crippen LogP contribution in [0.3, 0.4) is 0 Å². The molecule has 4 heteroatoms. The van der Waals surface area contributed by atoms with E-state index >= 15 is 0 Å². The lowest BCUT2D eigenvalue weighted by Gasteiger charge is -2.22. The summed E-state index contributed by atoms with van der Waals surface area (Å²) in [5.41, 5.74) is 1.66. The maximum absolute atomic E-state index is 13.1. The van der Waals surface area contributed by atoms with Gasteiger partial charge < -0.3 is 9.84 Å². The van der Waals surface area contributed by atoms with Crippen molar-refractivity contribution in [2.75, 3.05) is 7.11 Å². The van der Waals surface area contributed by atoms with Gasteiger partial charge in [-0.3, -0.25) is 0 Å². The van der Waals surface area contributed by atoms with Crippen molar-refractivity contribution >= 4 is 11.6 Å². The normalized spacial score (nSPS) is 14.0. The summed E-state index contributed by atoms with van der Waals surface area (Å²) in [7, 11) is 1.55. The lowest BCUT2D eigenvalue weighted by molar-refractivity contribution is -0.0128. The van der Waals surface area contributed by atoms with Gasteiger partial charge in [0.15, 0.2) is 0 Å². The largest absolute Gasteiger partial charge is 0.390 e. The molecule has 2 nitrogen and oxygen atoms in total. The van der Waals surface area contributed by atoms with E-state index in [4.69, 9.17) is 16.3 Å². The van der Waals surface area contributed by atoms with Crippen molar-refractivity contribution in [1.82, 2.24) is 0 Å². The van der Waals surface area contributed by atoms with Gasteiger partial charge >= 0.3 is 0 Å². The second-order valence-corrected chi connectivity index (χ2v) is 4.99. The number of hydrogen-bond acceptors (Lipinski definition) is 2. The molecule has 0 heterocycles. The smallest absolute Gasteiger partial charge is 0.141 e. The summed E-state index contributed by atoms with van der Waals surface area (Å²) >= 11 is 5.74. The third-order valence-corrected chi connectivity index (χ3v) is 3.45. The highest BCUT2D eigenvalue weighted by Gasteiger charge is 2.21. The number of ether oxygens (including phenoxy) is 1. The predicted molar refractivity (Wildman–Crippen MR) is 77.3 cm³/mol. The second kappa shape index (κ2) is 6.84. The fraction of sp³-hybridized carbons (Fsp3) is 0.250. The van der Waals surface area contributed by atoms with Crippen LogP contribution in [0.1, 0.15) is 17.2 Å². The van der Waals surface area contributed by atoms with Crippen LogP contribution in [0.15, 0.2) is 48.5 Å². The SMILES string of the molecule is COC(c1ccccc1)C(O)Cc1ccc(F)c(Cl)c1. The topological polar surface area (TPSA) is 29.5 Å². The Kier molecular flexibility index (Phi) is 5.12. The standard InChI is InChI=1S/C16H16ClFO2/c1-20-16(12-5-3-2-4-6-12)15(19)10-11-7-8-14(18)13(17)9-11/h2-9,15-16,19H,10H2,1H3. The van der Waals surface area contributed by atoms with Gasteiger partial charge in [0.05, 0.1) is 11.1 Å². The molecule has 2 aromatic carbocycles. The van der Waals surface area contributed by atoms with Crippen LogP contribution in [0, 0.1) is 5.82 Å². The summed E-state index contributed by atoms with van der Waals surface area (Å²) in [6.45, 7) is 0. The van der Waals surface area contributed by atoms with Crippen molar-refractivity contribution in [1.29, 1.82) is 0 Å². The fourth-order valence-electron chi connectivity index (χ4n) is 2.17. The average Bonchev–Trinajstić information content (AvgIpc) is 2.45. The quantitative estimate of drug-likeness (QED) is 0.909. The molecular formula is C16H16ClFO2. The Morgan fingerprint density at radius 1 is 1.20 bits per heavy atom. The Bertz CT molecular complexity index is 560. The number of aliphatic hydroxyl groups is 1. The first-order chi connectivity index (χ1) is 9.61. The zero-order chi connectivity index (χ0) is 14.5. The number of hydrogen-bond donors (Lipinski definition) is 1. The summed E-state index contributed by atoms with van der Waals surface area (Å²) in [6.07, 6.45) is -0.822. The zero-order valence-electron chi connectivity index (χ0n) is 11.1. The summed E-state index contributed by atoms with van der Waals surface area (Å²) in [5.74, 6) is -0.462. The van der Waals surface area contributed by atoms with Crippen molar-refractivity contribution < 1.29 is 14.2 Å². The molecule has 0 radical (unpaired) electrons. The minimum absolute atomic E-state index is 0.0587. The summed E-state index contributed by atoms with van der Waals surface area (Å²) in [4.78, 5) is 0. The van der Waals surface area contributed by atoms with Crippen molar-refractivity contribution in [3.05, 3.63) is 70.5 Å². The summed E-state index contributed by atoms with van der Waals surface area (Å²) in [5, 5.41) is 10.4. The Labute approximate surface area is 122 Å². The number of benzene rings is 2. The third kappa shape index (κ3) is 3.57. The number of rotatable bonds is 5. The van der Waals surface area contributed by atoms with Crippen LogP contribution >= 0.6 is 11.6 Å². The van der Waals surface area contributed by atoms with Crippen LogP contribution < -0.4 is 0 Å². The van der Waals surface area contributed by atoms with Crippen LogP contribution in [0.5, 0.6) is 0 Å². The molecule has 0 amide bonds. The summed E-state index contributed by atoms with van der Waals surface area (Å²) < 4.78 is 18.5. The number of halogens is 2. The Morgan fingerprint density at radius 2 is 1.90 bits per heavy atom. The van der Waals surface area contributed by atoms with Gasteiger partial charge in [-0.2, -0.15) is 0 Å². The first-order valence-corrected chi connectivity index (χ1v) is 6.69. The van der Waals surface area contributed by atoms with Gasteiger partial charge in [0.2, 0.25) is 0 Å². The zero-order valence-corrected chi connectivity index (χ0v) is 11.8. The van der Waals surface area contributed by atoms with E-state index in [0.717, 1.165) is 11.1 Å². The Hall–Kier alpha value is -1.42. The van der Waals surface area contributed by atoms with E-state index in [1.54, 1.807) is 13.2 Å². The molecule has 0 saturated carbocycles. The molecular weight excluding hydrogens is 279 g/mol. The van der Waals surface area contributed by atoms with Crippen LogP contribution in [-0.4, -0.2) is 18.3 Å². The highest BCUT2D eigenvalue weighted by atomic mass is 35.5. The highest BCUT2D eigenvalue weighted by Crippen LogP contribution is 2.24. The Morgan fingerprint density at radius 3 is 2.50 bits per heavy atom. The van der Waals surface area contributed by atoms with Crippen molar-refractivity contribution in [2.45, 2.75) is 18.6 Å². The molecule has 0 aromatic heterocycles. The van der Waals surface area contributed by atoms with E-state index in [9.17, 15) is 9.50 Å². The third-order valence-electron chi connectivity index (χ3n) is 3.16. The lowest BCUT2D eigenvalue weighted by Crippen LogP contribution is -2.22. The predicted octanol–water partition coefficient (Wildman–Crippen LogP) is 3.77. The van der Waals surface area contributed by atoms with Crippen LogP contribution in [-0.2, 0) is 11.2 Å². The van der Waals surface area contributed by atoms with E-state index in [2.05, 4.69) is 0 Å². The van der Waals surface area contributed by atoms with Gasteiger partial charge in [-0.25, -0.2) is 4.39 Å². The Balaban J connectivity index is 2.13. The average molecular weight is 295 g/mol. The molecule has 0 aliphatic heterocycles. The summed E-state index contributed by atoms with van der Waals surface area (Å²) in [6, 6.07) is 13.9. The van der Waals surface area contributed by atoms with Crippen LogP contribution in [0.4, 0.5) is 4.39 Å². The molecule has 0 bridgehead atoms. The fourth-order valence-corrected chi connectivity index (χ4v) is 2.38. The van der Waals surface area contributed by atoms with Gasteiger partial charge in [0.25, 0.3) is 0 Å². The highest BCUT2D eigenvalue weighted by molar-refractivity contribution is 6.30. The first-order valence-electron chi connectivity index (χ1n) is 6.31.